The number of rotatable bonds is 6. The molecule has 0 aliphatic heterocycles. The standard InChI is InChI=1S/C10H17N5S/c1-2-8-12-13-10-15(8)14-9(16-10)6-4-3-5-7-11/h2-7,11H2,1H3. The van der Waals surface area contributed by atoms with Gasteiger partial charge in [-0.15, -0.1) is 10.2 Å². The molecular weight excluding hydrogens is 222 g/mol. The number of hydrogen-bond acceptors (Lipinski definition) is 5. The van der Waals surface area contributed by atoms with E-state index in [-0.39, 0.29) is 0 Å². The van der Waals surface area contributed by atoms with E-state index in [4.69, 9.17) is 5.73 Å². The molecule has 0 atom stereocenters. The monoisotopic (exact) mass is 239 g/mol. The van der Waals surface area contributed by atoms with Crippen LogP contribution in [0.3, 0.4) is 0 Å². The zero-order valence-electron chi connectivity index (χ0n) is 9.52. The molecular formula is C10H17N5S. The van der Waals surface area contributed by atoms with Gasteiger partial charge in [0.15, 0.2) is 5.82 Å². The van der Waals surface area contributed by atoms with Crippen molar-refractivity contribution in [3.05, 3.63) is 10.8 Å². The van der Waals surface area contributed by atoms with E-state index in [1.54, 1.807) is 11.3 Å². The van der Waals surface area contributed by atoms with E-state index in [9.17, 15) is 0 Å². The SMILES string of the molecule is CCc1nnc2sc(CCCCCN)nn12. The third kappa shape index (κ3) is 2.38. The van der Waals surface area contributed by atoms with Crippen LogP contribution in [0.25, 0.3) is 4.96 Å². The maximum absolute atomic E-state index is 5.46. The number of fused-ring (bicyclic) bond motifs is 1. The molecule has 88 valence electrons. The van der Waals surface area contributed by atoms with Crippen LogP contribution in [0.4, 0.5) is 0 Å². The molecule has 6 heteroatoms. The lowest BCUT2D eigenvalue weighted by Gasteiger charge is -1.95. The molecule has 0 radical (unpaired) electrons. The van der Waals surface area contributed by atoms with Crippen molar-refractivity contribution >= 4 is 16.3 Å². The maximum Gasteiger partial charge on any atom is 0.234 e. The molecule has 2 aromatic rings. The number of hydrogen-bond donors (Lipinski definition) is 1. The van der Waals surface area contributed by atoms with Crippen LogP contribution < -0.4 is 5.73 Å². The van der Waals surface area contributed by atoms with Crippen LogP contribution in [-0.4, -0.2) is 26.4 Å². The summed E-state index contributed by atoms with van der Waals surface area (Å²) in [5, 5.41) is 13.8. The summed E-state index contributed by atoms with van der Waals surface area (Å²) >= 11 is 1.64. The van der Waals surface area contributed by atoms with Crippen LogP contribution in [0.2, 0.25) is 0 Å². The minimum atomic E-state index is 0.783. The summed E-state index contributed by atoms with van der Waals surface area (Å²) in [4.78, 5) is 0.908. The first-order valence-electron chi connectivity index (χ1n) is 5.75. The van der Waals surface area contributed by atoms with Crippen molar-refractivity contribution < 1.29 is 0 Å². The molecule has 0 saturated heterocycles. The van der Waals surface area contributed by atoms with Gasteiger partial charge in [0, 0.05) is 12.8 Å². The van der Waals surface area contributed by atoms with E-state index in [1.807, 2.05) is 4.52 Å². The number of aromatic nitrogens is 4. The minimum Gasteiger partial charge on any atom is -0.330 e. The van der Waals surface area contributed by atoms with Crippen LogP contribution >= 0.6 is 11.3 Å². The Hall–Kier alpha value is -1.01. The largest absolute Gasteiger partial charge is 0.330 e. The van der Waals surface area contributed by atoms with Crippen LogP contribution in [0.15, 0.2) is 0 Å². The predicted octanol–water partition coefficient (Wildman–Crippen LogP) is 1.42. The van der Waals surface area contributed by atoms with Crippen molar-refractivity contribution in [1.82, 2.24) is 19.8 Å². The van der Waals surface area contributed by atoms with Gasteiger partial charge in [-0.2, -0.15) is 9.61 Å². The highest BCUT2D eigenvalue weighted by molar-refractivity contribution is 7.16. The summed E-state index contributed by atoms with van der Waals surface area (Å²) in [6.07, 6.45) is 5.33. The summed E-state index contributed by atoms with van der Waals surface area (Å²) in [6, 6.07) is 0. The third-order valence-electron chi connectivity index (χ3n) is 2.51. The van der Waals surface area contributed by atoms with Crippen LogP contribution in [0, 0.1) is 0 Å². The predicted molar refractivity (Wildman–Crippen MR) is 64.6 cm³/mol. The number of nitrogens with zero attached hydrogens (tertiary/aromatic N) is 4. The van der Waals surface area contributed by atoms with E-state index in [0.29, 0.717) is 0 Å². The molecule has 2 heterocycles. The number of unbranched alkanes of at least 4 members (excludes halogenated alkanes) is 2. The Balaban J connectivity index is 2.00. The zero-order chi connectivity index (χ0) is 11.4. The molecule has 0 aromatic carbocycles. The van der Waals surface area contributed by atoms with Gasteiger partial charge in [0.1, 0.15) is 5.01 Å². The molecule has 5 nitrogen and oxygen atoms in total. The van der Waals surface area contributed by atoms with Gasteiger partial charge in [-0.25, -0.2) is 0 Å². The topological polar surface area (TPSA) is 69.1 Å². The van der Waals surface area contributed by atoms with Gasteiger partial charge in [0.05, 0.1) is 0 Å². The molecule has 2 aromatic heterocycles. The lowest BCUT2D eigenvalue weighted by atomic mass is 10.2. The fraction of sp³-hybridized carbons (Fsp3) is 0.700. The summed E-state index contributed by atoms with van der Waals surface area (Å²) < 4.78 is 1.86. The average molecular weight is 239 g/mol. The van der Waals surface area contributed by atoms with Gasteiger partial charge < -0.3 is 5.73 Å². The van der Waals surface area contributed by atoms with Crippen LogP contribution in [0.1, 0.15) is 37.0 Å². The highest BCUT2D eigenvalue weighted by atomic mass is 32.1. The maximum atomic E-state index is 5.46. The first-order valence-corrected chi connectivity index (χ1v) is 6.57. The normalized spacial score (nSPS) is 11.4. The smallest absolute Gasteiger partial charge is 0.234 e. The van der Waals surface area contributed by atoms with Gasteiger partial charge in [0.2, 0.25) is 4.96 Å². The molecule has 16 heavy (non-hydrogen) atoms. The quantitative estimate of drug-likeness (QED) is 0.774. The van der Waals surface area contributed by atoms with Gasteiger partial charge in [-0.1, -0.05) is 24.7 Å². The van der Waals surface area contributed by atoms with E-state index in [1.165, 1.54) is 6.42 Å². The Labute approximate surface area is 98.7 Å². The van der Waals surface area contributed by atoms with Crippen molar-refractivity contribution in [1.29, 1.82) is 0 Å². The lowest BCUT2D eigenvalue weighted by Crippen LogP contribution is -1.98. The molecule has 0 unspecified atom stereocenters. The number of nitrogens with two attached hydrogens (primary N) is 1. The number of aryl methyl sites for hydroxylation is 2. The molecule has 0 aliphatic rings. The van der Waals surface area contributed by atoms with E-state index in [0.717, 1.165) is 48.0 Å². The van der Waals surface area contributed by atoms with Crippen molar-refractivity contribution in [3.8, 4) is 0 Å². The highest BCUT2D eigenvalue weighted by Gasteiger charge is 2.09. The van der Waals surface area contributed by atoms with E-state index >= 15 is 0 Å². The van der Waals surface area contributed by atoms with Gasteiger partial charge in [0.25, 0.3) is 0 Å². The van der Waals surface area contributed by atoms with Crippen molar-refractivity contribution in [2.45, 2.75) is 39.0 Å². The second-order valence-corrected chi connectivity index (χ2v) is 4.80. The minimum absolute atomic E-state index is 0.783. The third-order valence-corrected chi connectivity index (χ3v) is 3.47. The summed E-state index contributed by atoms with van der Waals surface area (Å²) in [7, 11) is 0. The van der Waals surface area contributed by atoms with Crippen molar-refractivity contribution in [2.75, 3.05) is 6.54 Å². The molecule has 0 amide bonds. The van der Waals surface area contributed by atoms with Crippen molar-refractivity contribution in [3.63, 3.8) is 0 Å². The summed E-state index contributed by atoms with van der Waals surface area (Å²) in [6.45, 7) is 2.85. The first kappa shape index (κ1) is 11.5. The summed E-state index contributed by atoms with van der Waals surface area (Å²) in [5.41, 5.74) is 5.46. The first-order chi connectivity index (χ1) is 7.85. The lowest BCUT2D eigenvalue weighted by molar-refractivity contribution is 0.676. The highest BCUT2D eigenvalue weighted by Crippen LogP contribution is 2.16. The molecule has 0 fully saturated rings. The van der Waals surface area contributed by atoms with Crippen LogP contribution in [-0.2, 0) is 12.8 Å². The second kappa shape index (κ2) is 5.36. The molecule has 0 bridgehead atoms. The average Bonchev–Trinajstić information content (AvgIpc) is 2.83. The van der Waals surface area contributed by atoms with Gasteiger partial charge in [-0.05, 0) is 19.4 Å². The summed E-state index contributed by atoms with van der Waals surface area (Å²) in [5.74, 6) is 0.944. The Morgan fingerprint density at radius 1 is 1.25 bits per heavy atom. The van der Waals surface area contributed by atoms with Crippen molar-refractivity contribution in [2.24, 2.45) is 5.73 Å². The zero-order valence-corrected chi connectivity index (χ0v) is 10.3. The molecule has 0 aliphatic carbocycles. The Bertz CT molecular complexity index is 447. The molecule has 0 saturated carbocycles. The van der Waals surface area contributed by atoms with E-state index < -0.39 is 0 Å². The van der Waals surface area contributed by atoms with Gasteiger partial charge in [-0.3, -0.25) is 0 Å². The Morgan fingerprint density at radius 2 is 2.12 bits per heavy atom. The Morgan fingerprint density at radius 3 is 2.88 bits per heavy atom. The van der Waals surface area contributed by atoms with Crippen LogP contribution in [0.5, 0.6) is 0 Å². The molecule has 0 spiro atoms. The molecule has 2 rings (SSSR count). The second-order valence-electron chi connectivity index (χ2n) is 3.76. The fourth-order valence-electron chi connectivity index (χ4n) is 1.62. The Kier molecular flexibility index (Phi) is 3.84. The van der Waals surface area contributed by atoms with Gasteiger partial charge >= 0.3 is 0 Å². The molecule has 2 N–H and O–H groups in total. The fourth-order valence-corrected chi connectivity index (χ4v) is 2.51. The van der Waals surface area contributed by atoms with E-state index in [2.05, 4.69) is 22.2 Å².